The van der Waals surface area contributed by atoms with E-state index in [-0.39, 0.29) is 12.6 Å². The standard InChI is InChI=1S/C24H30N6O2S/c1-13-18(22-29-20-17(33-22)6-9-25-19(20)15-3-4-15)21(28-16-5-2-14(10-16)11-31)30-23(27-13)26-12-24(32)7-8-24/h6,9,14-16,31-32H,2-5,7-8,10-12H2,1H3,(H2,26,27,28,30). The van der Waals surface area contributed by atoms with Gasteiger partial charge in [0.1, 0.15) is 16.3 Å². The van der Waals surface area contributed by atoms with Crippen LogP contribution in [-0.4, -0.2) is 54.9 Å². The van der Waals surface area contributed by atoms with E-state index >= 15 is 0 Å². The van der Waals surface area contributed by atoms with Crippen molar-refractivity contribution in [3.8, 4) is 10.6 Å². The van der Waals surface area contributed by atoms with Crippen molar-refractivity contribution in [1.82, 2.24) is 19.9 Å². The molecule has 0 aromatic carbocycles. The third-order valence-electron chi connectivity index (χ3n) is 7.15. The number of thiazole rings is 1. The number of pyridine rings is 1. The molecule has 0 aliphatic heterocycles. The van der Waals surface area contributed by atoms with E-state index in [1.54, 1.807) is 11.3 Å². The van der Waals surface area contributed by atoms with E-state index in [0.29, 0.717) is 24.3 Å². The van der Waals surface area contributed by atoms with Crippen LogP contribution in [-0.2, 0) is 0 Å². The fourth-order valence-electron chi connectivity index (χ4n) is 4.78. The maximum absolute atomic E-state index is 10.2. The molecular weight excluding hydrogens is 436 g/mol. The molecule has 3 aromatic rings. The summed E-state index contributed by atoms with van der Waals surface area (Å²) in [6, 6.07) is 2.30. The zero-order chi connectivity index (χ0) is 22.6. The minimum absolute atomic E-state index is 0.230. The van der Waals surface area contributed by atoms with Crippen molar-refractivity contribution in [2.45, 2.75) is 69.4 Å². The van der Waals surface area contributed by atoms with Crippen LogP contribution in [0.25, 0.3) is 20.8 Å². The summed E-state index contributed by atoms with van der Waals surface area (Å²) < 4.78 is 1.15. The first-order chi connectivity index (χ1) is 16.0. The van der Waals surface area contributed by atoms with Crippen molar-refractivity contribution < 1.29 is 10.2 Å². The van der Waals surface area contributed by atoms with Gasteiger partial charge in [0.05, 0.1) is 27.3 Å². The maximum Gasteiger partial charge on any atom is 0.225 e. The van der Waals surface area contributed by atoms with Crippen LogP contribution in [0.5, 0.6) is 0 Å². The van der Waals surface area contributed by atoms with E-state index in [4.69, 9.17) is 15.0 Å². The number of hydrogen-bond donors (Lipinski definition) is 4. The molecule has 0 bridgehead atoms. The Kier molecular flexibility index (Phi) is 5.23. The molecule has 3 saturated carbocycles. The van der Waals surface area contributed by atoms with Crippen molar-refractivity contribution in [2.75, 3.05) is 23.8 Å². The molecule has 0 radical (unpaired) electrons. The Balaban J connectivity index is 1.38. The van der Waals surface area contributed by atoms with Crippen LogP contribution in [0.15, 0.2) is 12.3 Å². The van der Waals surface area contributed by atoms with Crippen LogP contribution in [0.3, 0.4) is 0 Å². The predicted octanol–water partition coefficient (Wildman–Crippen LogP) is 3.84. The molecule has 0 saturated heterocycles. The molecule has 2 atom stereocenters. The van der Waals surface area contributed by atoms with Gasteiger partial charge in [0.15, 0.2) is 0 Å². The number of aliphatic hydroxyl groups excluding tert-OH is 1. The largest absolute Gasteiger partial charge is 0.396 e. The van der Waals surface area contributed by atoms with Gasteiger partial charge in [-0.15, -0.1) is 11.3 Å². The molecule has 3 aliphatic rings. The molecule has 4 N–H and O–H groups in total. The summed E-state index contributed by atoms with van der Waals surface area (Å²) in [7, 11) is 0. The molecule has 33 heavy (non-hydrogen) atoms. The number of aromatic nitrogens is 4. The number of anilines is 2. The second-order valence-electron chi connectivity index (χ2n) is 9.97. The third kappa shape index (κ3) is 4.29. The number of nitrogens with one attached hydrogen (secondary N) is 2. The number of hydrogen-bond acceptors (Lipinski definition) is 9. The topological polar surface area (TPSA) is 116 Å². The molecular formula is C24H30N6O2S. The highest BCUT2D eigenvalue weighted by Crippen LogP contribution is 2.44. The highest BCUT2D eigenvalue weighted by Gasteiger charge is 2.40. The summed E-state index contributed by atoms with van der Waals surface area (Å²) in [6.07, 6.45) is 8.85. The lowest BCUT2D eigenvalue weighted by Crippen LogP contribution is -2.23. The summed E-state index contributed by atoms with van der Waals surface area (Å²) in [5, 5.41) is 27.6. The van der Waals surface area contributed by atoms with E-state index in [1.807, 2.05) is 19.2 Å². The minimum Gasteiger partial charge on any atom is -0.396 e. The average Bonchev–Trinajstić information content (AvgIpc) is 3.69. The van der Waals surface area contributed by atoms with Crippen LogP contribution in [0.2, 0.25) is 0 Å². The van der Waals surface area contributed by atoms with E-state index in [1.165, 1.54) is 12.8 Å². The first-order valence-corrected chi connectivity index (χ1v) is 12.8. The lowest BCUT2D eigenvalue weighted by atomic mass is 10.1. The molecule has 0 spiro atoms. The van der Waals surface area contributed by atoms with Crippen LogP contribution >= 0.6 is 11.3 Å². The Hall–Kier alpha value is -2.36. The number of rotatable bonds is 8. The predicted molar refractivity (Wildman–Crippen MR) is 130 cm³/mol. The fourth-order valence-corrected chi connectivity index (χ4v) is 5.85. The lowest BCUT2D eigenvalue weighted by molar-refractivity contribution is 0.164. The smallest absolute Gasteiger partial charge is 0.225 e. The molecule has 3 aromatic heterocycles. The van der Waals surface area contributed by atoms with Gasteiger partial charge in [-0.2, -0.15) is 4.98 Å². The van der Waals surface area contributed by atoms with E-state index in [0.717, 1.165) is 70.1 Å². The van der Waals surface area contributed by atoms with Crippen molar-refractivity contribution >= 4 is 33.3 Å². The third-order valence-corrected chi connectivity index (χ3v) is 8.18. The Morgan fingerprint density at radius 1 is 1.15 bits per heavy atom. The quantitative estimate of drug-likeness (QED) is 0.396. The molecule has 9 heteroatoms. The summed E-state index contributed by atoms with van der Waals surface area (Å²) >= 11 is 1.66. The van der Waals surface area contributed by atoms with Crippen molar-refractivity contribution in [1.29, 1.82) is 0 Å². The Labute approximate surface area is 196 Å². The Bertz CT molecular complexity index is 1190. The van der Waals surface area contributed by atoms with Crippen molar-refractivity contribution in [3.05, 3.63) is 23.7 Å². The minimum atomic E-state index is -0.622. The second kappa shape index (κ2) is 8.14. The van der Waals surface area contributed by atoms with Gasteiger partial charge in [-0.25, -0.2) is 9.97 Å². The molecule has 8 nitrogen and oxygen atoms in total. The van der Waals surface area contributed by atoms with Gasteiger partial charge in [-0.05, 0) is 63.9 Å². The average molecular weight is 467 g/mol. The van der Waals surface area contributed by atoms with E-state index in [9.17, 15) is 10.2 Å². The zero-order valence-corrected chi connectivity index (χ0v) is 19.7. The van der Waals surface area contributed by atoms with Gasteiger partial charge in [0, 0.05) is 31.3 Å². The molecule has 3 heterocycles. The van der Waals surface area contributed by atoms with Crippen molar-refractivity contribution in [3.63, 3.8) is 0 Å². The van der Waals surface area contributed by atoms with Gasteiger partial charge < -0.3 is 20.8 Å². The summed E-state index contributed by atoms with van der Waals surface area (Å²) in [5.41, 5.74) is 3.28. The number of aliphatic hydroxyl groups is 2. The highest BCUT2D eigenvalue weighted by atomic mass is 32.1. The number of fused-ring (bicyclic) bond motifs is 1. The van der Waals surface area contributed by atoms with Gasteiger partial charge in [-0.3, -0.25) is 4.98 Å². The zero-order valence-electron chi connectivity index (χ0n) is 18.8. The van der Waals surface area contributed by atoms with Crippen LogP contribution in [0.4, 0.5) is 11.8 Å². The number of aryl methyl sites for hydroxylation is 1. The van der Waals surface area contributed by atoms with Gasteiger partial charge in [0.25, 0.3) is 0 Å². The first-order valence-electron chi connectivity index (χ1n) is 12.0. The fraction of sp³-hybridized carbons (Fsp3) is 0.583. The molecule has 174 valence electrons. The van der Waals surface area contributed by atoms with Gasteiger partial charge in [-0.1, -0.05) is 0 Å². The van der Waals surface area contributed by atoms with E-state index in [2.05, 4.69) is 15.6 Å². The summed E-state index contributed by atoms with van der Waals surface area (Å²) in [4.78, 5) is 19.2. The molecule has 6 rings (SSSR count). The SMILES string of the molecule is Cc1nc(NCC2(O)CC2)nc(NC2CCC(CO)C2)c1-c1nc2c(C3CC3)nccc2s1. The van der Waals surface area contributed by atoms with Gasteiger partial charge >= 0.3 is 0 Å². The maximum atomic E-state index is 10.2. The number of nitrogens with zero attached hydrogens (tertiary/aromatic N) is 4. The summed E-state index contributed by atoms with van der Waals surface area (Å²) in [5.74, 6) is 2.17. The van der Waals surface area contributed by atoms with E-state index < -0.39 is 5.60 Å². The second-order valence-corrected chi connectivity index (χ2v) is 11.0. The normalized spacial score (nSPS) is 23.7. The molecule has 3 fully saturated rings. The van der Waals surface area contributed by atoms with Crippen molar-refractivity contribution in [2.24, 2.45) is 5.92 Å². The highest BCUT2D eigenvalue weighted by molar-refractivity contribution is 7.21. The van der Waals surface area contributed by atoms with Crippen LogP contribution in [0.1, 0.15) is 62.3 Å². The molecule has 3 aliphatic carbocycles. The molecule has 2 unspecified atom stereocenters. The summed E-state index contributed by atoms with van der Waals surface area (Å²) in [6.45, 7) is 2.68. The van der Waals surface area contributed by atoms with Crippen LogP contribution < -0.4 is 10.6 Å². The first kappa shape index (κ1) is 21.2. The Morgan fingerprint density at radius 3 is 2.73 bits per heavy atom. The van der Waals surface area contributed by atoms with Crippen LogP contribution in [0, 0.1) is 12.8 Å². The Morgan fingerprint density at radius 2 is 2.00 bits per heavy atom. The molecule has 0 amide bonds. The monoisotopic (exact) mass is 466 g/mol. The lowest BCUT2D eigenvalue weighted by Gasteiger charge is -2.19. The van der Waals surface area contributed by atoms with Gasteiger partial charge in [0.2, 0.25) is 5.95 Å².